The van der Waals surface area contributed by atoms with Gasteiger partial charge in [-0.2, -0.15) is 0 Å². The molecule has 3 nitrogen and oxygen atoms in total. The number of para-hydroxylation sites is 1. The molecule has 0 aromatic heterocycles. The molecule has 0 radical (unpaired) electrons. The zero-order valence-electron chi connectivity index (χ0n) is 9.52. The number of phenols is 1. The molecule has 0 spiro atoms. The lowest BCUT2D eigenvalue weighted by molar-refractivity contribution is 0.325. The third kappa shape index (κ3) is 2.74. The number of aromatic hydroxyl groups is 1. The average Bonchev–Trinajstić information content (AvgIpc) is 2.30. The van der Waals surface area contributed by atoms with Crippen LogP contribution in [-0.2, 0) is 6.54 Å². The molecule has 2 atom stereocenters. The Bertz CT molecular complexity index is 340. The van der Waals surface area contributed by atoms with Crippen molar-refractivity contribution in [3.05, 3.63) is 29.8 Å². The highest BCUT2D eigenvalue weighted by atomic mass is 16.3. The van der Waals surface area contributed by atoms with Gasteiger partial charge in [-0.15, -0.1) is 0 Å². The zero-order chi connectivity index (χ0) is 11.4. The SMILES string of the molecule is NC1CCCCC1NCc1ccccc1O. The third-order valence-corrected chi connectivity index (χ3v) is 3.37. The van der Waals surface area contributed by atoms with Crippen LogP contribution in [0.1, 0.15) is 31.2 Å². The van der Waals surface area contributed by atoms with Crippen molar-refractivity contribution in [3.63, 3.8) is 0 Å². The van der Waals surface area contributed by atoms with E-state index in [0.29, 0.717) is 18.3 Å². The van der Waals surface area contributed by atoms with Gasteiger partial charge in [0.2, 0.25) is 0 Å². The Hall–Kier alpha value is -1.06. The highest BCUT2D eigenvalue weighted by Crippen LogP contribution is 2.19. The Morgan fingerprint density at radius 2 is 2.00 bits per heavy atom. The summed E-state index contributed by atoms with van der Waals surface area (Å²) in [5.41, 5.74) is 7.00. The fourth-order valence-electron chi connectivity index (χ4n) is 2.31. The maximum Gasteiger partial charge on any atom is 0.120 e. The van der Waals surface area contributed by atoms with E-state index in [1.165, 1.54) is 12.8 Å². The maximum atomic E-state index is 9.63. The second kappa shape index (κ2) is 5.32. The summed E-state index contributed by atoms with van der Waals surface area (Å²) in [5.74, 6) is 0.361. The lowest BCUT2D eigenvalue weighted by Crippen LogP contribution is -2.46. The molecule has 1 saturated carbocycles. The Morgan fingerprint density at radius 3 is 2.75 bits per heavy atom. The van der Waals surface area contributed by atoms with Crippen LogP contribution in [0.5, 0.6) is 5.75 Å². The molecule has 16 heavy (non-hydrogen) atoms. The van der Waals surface area contributed by atoms with Gasteiger partial charge in [0.05, 0.1) is 0 Å². The van der Waals surface area contributed by atoms with Crippen molar-refractivity contribution in [2.24, 2.45) is 5.73 Å². The number of nitrogens with one attached hydrogen (secondary N) is 1. The second-order valence-electron chi connectivity index (χ2n) is 4.56. The number of nitrogens with two attached hydrogens (primary N) is 1. The standard InChI is InChI=1S/C13H20N2O/c14-11-6-2-3-7-12(11)15-9-10-5-1-4-8-13(10)16/h1,4-5,8,11-12,15-16H,2-3,6-7,9,14H2. The molecule has 1 aliphatic rings. The monoisotopic (exact) mass is 220 g/mol. The molecule has 0 aliphatic heterocycles. The largest absolute Gasteiger partial charge is 0.508 e. The highest BCUT2D eigenvalue weighted by molar-refractivity contribution is 5.31. The van der Waals surface area contributed by atoms with Gasteiger partial charge in [-0.1, -0.05) is 31.0 Å². The van der Waals surface area contributed by atoms with Crippen molar-refractivity contribution >= 4 is 0 Å². The Morgan fingerprint density at radius 1 is 1.25 bits per heavy atom. The second-order valence-corrected chi connectivity index (χ2v) is 4.56. The van der Waals surface area contributed by atoms with Crippen LogP contribution >= 0.6 is 0 Å². The van der Waals surface area contributed by atoms with E-state index in [9.17, 15) is 5.11 Å². The molecule has 2 unspecified atom stereocenters. The minimum Gasteiger partial charge on any atom is -0.508 e. The van der Waals surface area contributed by atoms with Crippen LogP contribution in [-0.4, -0.2) is 17.2 Å². The molecule has 0 heterocycles. The van der Waals surface area contributed by atoms with Gasteiger partial charge >= 0.3 is 0 Å². The van der Waals surface area contributed by atoms with E-state index in [0.717, 1.165) is 18.4 Å². The average molecular weight is 220 g/mol. The Labute approximate surface area is 96.7 Å². The molecular formula is C13H20N2O. The molecule has 1 aromatic carbocycles. The first-order chi connectivity index (χ1) is 7.77. The molecular weight excluding hydrogens is 200 g/mol. The molecule has 0 saturated heterocycles. The zero-order valence-corrected chi connectivity index (χ0v) is 9.52. The van der Waals surface area contributed by atoms with E-state index in [1.807, 2.05) is 18.2 Å². The maximum absolute atomic E-state index is 9.63. The fourth-order valence-corrected chi connectivity index (χ4v) is 2.31. The number of hydrogen-bond donors (Lipinski definition) is 3. The molecule has 2 rings (SSSR count). The summed E-state index contributed by atoms with van der Waals surface area (Å²) in [5, 5.41) is 13.1. The lowest BCUT2D eigenvalue weighted by atomic mass is 9.91. The van der Waals surface area contributed by atoms with Gasteiger partial charge in [0.15, 0.2) is 0 Å². The van der Waals surface area contributed by atoms with Crippen LogP contribution in [0.15, 0.2) is 24.3 Å². The summed E-state index contributed by atoms with van der Waals surface area (Å²) in [6.45, 7) is 0.699. The Kier molecular flexibility index (Phi) is 3.80. The minimum atomic E-state index is 0.264. The van der Waals surface area contributed by atoms with Crippen molar-refractivity contribution in [1.29, 1.82) is 0 Å². The minimum absolute atomic E-state index is 0.264. The van der Waals surface area contributed by atoms with Crippen LogP contribution in [0.3, 0.4) is 0 Å². The summed E-state index contributed by atoms with van der Waals surface area (Å²) in [6, 6.07) is 8.10. The fraction of sp³-hybridized carbons (Fsp3) is 0.538. The topological polar surface area (TPSA) is 58.3 Å². The number of phenolic OH excluding ortho intramolecular Hbond substituents is 1. The molecule has 0 amide bonds. The molecule has 1 aliphatic carbocycles. The van der Waals surface area contributed by atoms with E-state index < -0.39 is 0 Å². The van der Waals surface area contributed by atoms with Crippen LogP contribution in [0.4, 0.5) is 0 Å². The van der Waals surface area contributed by atoms with Gasteiger partial charge < -0.3 is 16.2 Å². The predicted molar refractivity (Wildman–Crippen MR) is 65.2 cm³/mol. The van der Waals surface area contributed by atoms with Crippen LogP contribution in [0.2, 0.25) is 0 Å². The van der Waals surface area contributed by atoms with Gasteiger partial charge in [-0.05, 0) is 18.9 Å². The molecule has 1 aromatic rings. The van der Waals surface area contributed by atoms with Crippen molar-refractivity contribution in [2.75, 3.05) is 0 Å². The summed E-state index contributed by atoms with van der Waals surface area (Å²) in [4.78, 5) is 0. The van der Waals surface area contributed by atoms with Crippen LogP contribution in [0, 0.1) is 0 Å². The summed E-state index contributed by atoms with van der Waals surface area (Å²) in [7, 11) is 0. The van der Waals surface area contributed by atoms with Gasteiger partial charge in [-0.25, -0.2) is 0 Å². The van der Waals surface area contributed by atoms with Crippen molar-refractivity contribution in [3.8, 4) is 5.75 Å². The molecule has 1 fully saturated rings. The summed E-state index contributed by atoms with van der Waals surface area (Å²) < 4.78 is 0. The quantitative estimate of drug-likeness (QED) is 0.727. The normalized spacial score (nSPS) is 25.6. The van der Waals surface area contributed by atoms with E-state index in [4.69, 9.17) is 5.73 Å². The first kappa shape index (κ1) is 11.4. The third-order valence-electron chi connectivity index (χ3n) is 3.37. The molecule has 4 N–H and O–H groups in total. The smallest absolute Gasteiger partial charge is 0.120 e. The first-order valence-electron chi connectivity index (χ1n) is 6.03. The number of hydrogen-bond acceptors (Lipinski definition) is 3. The van der Waals surface area contributed by atoms with Gasteiger partial charge in [0.1, 0.15) is 5.75 Å². The number of rotatable bonds is 3. The van der Waals surface area contributed by atoms with Crippen molar-refractivity contribution in [1.82, 2.24) is 5.32 Å². The van der Waals surface area contributed by atoms with Gasteiger partial charge in [-0.3, -0.25) is 0 Å². The molecule has 0 bridgehead atoms. The number of benzene rings is 1. The first-order valence-corrected chi connectivity index (χ1v) is 6.03. The lowest BCUT2D eigenvalue weighted by Gasteiger charge is -2.29. The summed E-state index contributed by atoms with van der Waals surface area (Å²) in [6.07, 6.45) is 4.76. The summed E-state index contributed by atoms with van der Waals surface area (Å²) >= 11 is 0. The van der Waals surface area contributed by atoms with E-state index in [1.54, 1.807) is 6.07 Å². The van der Waals surface area contributed by atoms with Crippen LogP contribution < -0.4 is 11.1 Å². The van der Waals surface area contributed by atoms with E-state index in [2.05, 4.69) is 5.32 Å². The van der Waals surface area contributed by atoms with Gasteiger partial charge in [0.25, 0.3) is 0 Å². The molecule has 88 valence electrons. The molecule has 3 heteroatoms. The van der Waals surface area contributed by atoms with Crippen molar-refractivity contribution < 1.29 is 5.11 Å². The van der Waals surface area contributed by atoms with E-state index in [-0.39, 0.29) is 6.04 Å². The van der Waals surface area contributed by atoms with E-state index >= 15 is 0 Å². The Balaban J connectivity index is 1.89. The predicted octanol–water partition coefficient (Wildman–Crippen LogP) is 1.75. The van der Waals surface area contributed by atoms with Crippen LogP contribution in [0.25, 0.3) is 0 Å². The van der Waals surface area contributed by atoms with Crippen molar-refractivity contribution in [2.45, 2.75) is 44.3 Å². The highest BCUT2D eigenvalue weighted by Gasteiger charge is 2.20. The van der Waals surface area contributed by atoms with Gasteiger partial charge in [0, 0.05) is 24.2 Å².